The van der Waals surface area contributed by atoms with Crippen molar-refractivity contribution in [2.24, 2.45) is 7.05 Å². The predicted octanol–water partition coefficient (Wildman–Crippen LogP) is 3.04. The molecule has 1 amide bonds. The van der Waals surface area contributed by atoms with Gasteiger partial charge in [0.25, 0.3) is 11.5 Å². The maximum Gasteiger partial charge on any atom is 0.273 e. The smallest absolute Gasteiger partial charge is 0.273 e. The molecule has 0 bridgehead atoms. The molecule has 1 saturated carbocycles. The Kier molecular flexibility index (Phi) is 4.27. The SMILES string of the molecule is Cc1cc(OC2CN(C(=O)c3c4ccc(Br)cc4nn3C)C2)cc(=O)n1C1CC1. The number of ether oxygens (including phenoxy) is 1. The van der Waals surface area contributed by atoms with E-state index in [1.807, 2.05) is 35.8 Å². The number of rotatable bonds is 4. The summed E-state index contributed by atoms with van der Waals surface area (Å²) in [6.07, 6.45) is 2.03. The van der Waals surface area contributed by atoms with Gasteiger partial charge in [-0.2, -0.15) is 5.10 Å². The molecule has 29 heavy (non-hydrogen) atoms. The molecule has 0 radical (unpaired) electrons. The van der Waals surface area contributed by atoms with E-state index in [2.05, 4.69) is 21.0 Å². The van der Waals surface area contributed by atoms with Crippen LogP contribution in [-0.4, -0.2) is 44.3 Å². The summed E-state index contributed by atoms with van der Waals surface area (Å²) in [6.45, 7) is 2.93. The molecule has 0 spiro atoms. The molecule has 1 aliphatic carbocycles. The van der Waals surface area contributed by atoms with Crippen LogP contribution in [0.15, 0.2) is 39.6 Å². The monoisotopic (exact) mass is 456 g/mol. The summed E-state index contributed by atoms with van der Waals surface area (Å²) in [5, 5.41) is 5.28. The highest BCUT2D eigenvalue weighted by molar-refractivity contribution is 9.10. The topological polar surface area (TPSA) is 69.4 Å². The molecule has 1 aromatic carbocycles. The van der Waals surface area contributed by atoms with Crippen LogP contribution in [0.1, 0.15) is 35.1 Å². The number of nitrogens with zero attached hydrogens (tertiary/aromatic N) is 4. The fraction of sp³-hybridized carbons (Fsp3) is 0.381. The fourth-order valence-corrected chi connectivity index (χ4v) is 4.35. The first-order valence-corrected chi connectivity index (χ1v) is 10.5. The third kappa shape index (κ3) is 3.25. The van der Waals surface area contributed by atoms with Gasteiger partial charge in [-0.1, -0.05) is 15.9 Å². The molecule has 2 aliphatic rings. The van der Waals surface area contributed by atoms with E-state index in [9.17, 15) is 9.59 Å². The summed E-state index contributed by atoms with van der Waals surface area (Å²) in [7, 11) is 1.78. The second-order valence-electron chi connectivity index (χ2n) is 7.86. The van der Waals surface area contributed by atoms with E-state index in [1.165, 1.54) is 0 Å². The van der Waals surface area contributed by atoms with Crippen LogP contribution in [0.3, 0.4) is 0 Å². The zero-order chi connectivity index (χ0) is 20.3. The Labute approximate surface area is 176 Å². The Morgan fingerprint density at radius 2 is 1.97 bits per heavy atom. The largest absolute Gasteiger partial charge is 0.486 e. The van der Waals surface area contributed by atoms with Crippen LogP contribution >= 0.6 is 15.9 Å². The summed E-state index contributed by atoms with van der Waals surface area (Å²) >= 11 is 3.44. The number of carbonyl (C=O) groups excluding carboxylic acids is 1. The van der Waals surface area contributed by atoms with Crippen LogP contribution in [0, 0.1) is 6.92 Å². The molecule has 150 valence electrons. The van der Waals surface area contributed by atoms with Crippen molar-refractivity contribution in [3.63, 3.8) is 0 Å². The average molecular weight is 457 g/mol. The summed E-state index contributed by atoms with van der Waals surface area (Å²) in [5.74, 6) is 0.523. The van der Waals surface area contributed by atoms with Crippen LogP contribution < -0.4 is 10.3 Å². The van der Waals surface area contributed by atoms with E-state index in [4.69, 9.17) is 4.74 Å². The van der Waals surface area contributed by atoms with E-state index in [0.29, 0.717) is 30.6 Å². The molecule has 3 heterocycles. The van der Waals surface area contributed by atoms with Crippen LogP contribution in [0.4, 0.5) is 0 Å². The second-order valence-corrected chi connectivity index (χ2v) is 8.77. The third-order valence-electron chi connectivity index (χ3n) is 5.58. The van der Waals surface area contributed by atoms with Crippen LogP contribution in [-0.2, 0) is 7.05 Å². The lowest BCUT2D eigenvalue weighted by molar-refractivity contribution is 0.0170. The molecular formula is C21H21BrN4O3. The number of pyridine rings is 1. The van der Waals surface area contributed by atoms with Crippen molar-refractivity contribution < 1.29 is 9.53 Å². The molecule has 1 saturated heterocycles. The molecule has 2 fully saturated rings. The molecule has 8 heteroatoms. The maximum atomic E-state index is 13.0. The second kappa shape index (κ2) is 6.73. The minimum atomic E-state index is -0.108. The molecule has 0 unspecified atom stereocenters. The lowest BCUT2D eigenvalue weighted by Gasteiger charge is -2.39. The Morgan fingerprint density at radius 1 is 1.21 bits per heavy atom. The zero-order valence-electron chi connectivity index (χ0n) is 16.3. The van der Waals surface area contributed by atoms with E-state index >= 15 is 0 Å². The summed E-state index contributed by atoms with van der Waals surface area (Å²) in [5.41, 5.74) is 2.27. The first-order chi connectivity index (χ1) is 13.9. The predicted molar refractivity (Wildman–Crippen MR) is 112 cm³/mol. The van der Waals surface area contributed by atoms with Gasteiger partial charge in [-0.15, -0.1) is 0 Å². The zero-order valence-corrected chi connectivity index (χ0v) is 17.8. The van der Waals surface area contributed by atoms with Gasteiger partial charge in [0.15, 0.2) is 0 Å². The summed E-state index contributed by atoms with van der Waals surface area (Å²) in [6, 6.07) is 9.54. The number of aromatic nitrogens is 3. The number of carbonyl (C=O) groups is 1. The molecule has 5 rings (SSSR count). The van der Waals surface area contributed by atoms with Crippen LogP contribution in [0.25, 0.3) is 10.9 Å². The summed E-state index contributed by atoms with van der Waals surface area (Å²) in [4.78, 5) is 27.1. The van der Waals surface area contributed by atoms with E-state index < -0.39 is 0 Å². The number of hydrogen-bond acceptors (Lipinski definition) is 4. The van der Waals surface area contributed by atoms with Gasteiger partial charge in [0.05, 0.1) is 18.6 Å². The van der Waals surface area contributed by atoms with Crippen molar-refractivity contribution in [1.29, 1.82) is 0 Å². The molecule has 0 N–H and O–H groups in total. The van der Waals surface area contributed by atoms with E-state index in [1.54, 1.807) is 22.7 Å². The Morgan fingerprint density at radius 3 is 2.66 bits per heavy atom. The number of fused-ring (bicyclic) bond motifs is 1. The molecule has 7 nitrogen and oxygen atoms in total. The molecule has 3 aromatic rings. The minimum absolute atomic E-state index is 0.0118. The number of aryl methyl sites for hydroxylation is 2. The molecule has 2 aromatic heterocycles. The van der Waals surface area contributed by atoms with Gasteiger partial charge in [-0.3, -0.25) is 14.3 Å². The molecular weight excluding hydrogens is 436 g/mol. The van der Waals surface area contributed by atoms with Gasteiger partial charge in [0, 0.05) is 34.7 Å². The van der Waals surface area contributed by atoms with Gasteiger partial charge >= 0.3 is 0 Å². The lowest BCUT2D eigenvalue weighted by atomic mass is 10.1. The van der Waals surface area contributed by atoms with Gasteiger partial charge in [0.2, 0.25) is 0 Å². The number of halogens is 1. The highest BCUT2D eigenvalue weighted by Crippen LogP contribution is 2.35. The fourth-order valence-electron chi connectivity index (χ4n) is 4.00. The van der Waals surface area contributed by atoms with Gasteiger partial charge < -0.3 is 14.2 Å². The quantitative estimate of drug-likeness (QED) is 0.604. The van der Waals surface area contributed by atoms with Gasteiger partial charge in [-0.05, 0) is 44.0 Å². The van der Waals surface area contributed by atoms with Crippen molar-refractivity contribution in [1.82, 2.24) is 19.2 Å². The lowest BCUT2D eigenvalue weighted by Crippen LogP contribution is -2.56. The highest BCUT2D eigenvalue weighted by atomic mass is 79.9. The number of likely N-dealkylation sites (tertiary alicyclic amines) is 1. The Balaban J connectivity index is 1.28. The van der Waals surface area contributed by atoms with Crippen molar-refractivity contribution in [3.8, 4) is 5.75 Å². The third-order valence-corrected chi connectivity index (χ3v) is 6.08. The number of benzene rings is 1. The standard InChI is InChI=1S/C21H21BrN4O3/c1-12-7-15(9-19(27)26(12)14-4-5-14)29-16-10-25(11-16)21(28)20-17-6-3-13(22)8-18(17)23-24(20)2/h3,6-9,14,16H,4-5,10-11H2,1-2H3. The maximum absolute atomic E-state index is 13.0. The Hall–Kier alpha value is -2.61. The van der Waals surface area contributed by atoms with Crippen molar-refractivity contribution in [2.45, 2.75) is 31.9 Å². The van der Waals surface area contributed by atoms with Crippen molar-refractivity contribution in [3.05, 3.63) is 56.5 Å². The summed E-state index contributed by atoms with van der Waals surface area (Å²) < 4.78 is 10.4. The normalized spacial score (nSPS) is 16.9. The first-order valence-electron chi connectivity index (χ1n) is 9.72. The van der Waals surface area contributed by atoms with E-state index in [-0.39, 0.29) is 17.6 Å². The minimum Gasteiger partial charge on any atom is -0.486 e. The van der Waals surface area contributed by atoms with Gasteiger partial charge in [-0.25, -0.2) is 0 Å². The Bertz CT molecular complexity index is 1190. The molecule has 1 aliphatic heterocycles. The van der Waals surface area contributed by atoms with Crippen LogP contribution in [0.5, 0.6) is 5.75 Å². The number of hydrogen-bond donors (Lipinski definition) is 0. The van der Waals surface area contributed by atoms with E-state index in [0.717, 1.165) is 33.9 Å². The van der Waals surface area contributed by atoms with Gasteiger partial charge in [0.1, 0.15) is 17.5 Å². The number of amides is 1. The highest BCUT2D eigenvalue weighted by Gasteiger charge is 2.35. The van der Waals surface area contributed by atoms with Crippen molar-refractivity contribution >= 4 is 32.7 Å². The first kappa shape index (κ1) is 18.4. The average Bonchev–Trinajstić information content (AvgIpc) is 3.38. The van der Waals surface area contributed by atoms with Crippen molar-refractivity contribution in [2.75, 3.05) is 13.1 Å². The van der Waals surface area contributed by atoms with Crippen LogP contribution in [0.2, 0.25) is 0 Å². The molecule has 0 atom stereocenters.